The standard InChI is InChI=1S/C14H11Cl2NO3/c1-7-2-4-10(15)13(12(7)16)17-14(20)9-6-8(18)3-5-11(9)19/h2-6,18-19H,1H3,(H,17,20). The van der Waals surface area contributed by atoms with Crippen molar-refractivity contribution in [3.05, 3.63) is 51.5 Å². The van der Waals surface area contributed by atoms with E-state index in [-0.39, 0.29) is 27.8 Å². The molecule has 104 valence electrons. The number of amides is 1. The molecule has 1 amide bonds. The summed E-state index contributed by atoms with van der Waals surface area (Å²) in [5.74, 6) is -0.998. The number of phenols is 2. The van der Waals surface area contributed by atoms with Crippen molar-refractivity contribution < 1.29 is 15.0 Å². The number of nitrogens with one attached hydrogen (secondary N) is 1. The fourth-order valence-electron chi connectivity index (χ4n) is 1.66. The number of rotatable bonds is 2. The van der Waals surface area contributed by atoms with Gasteiger partial charge in [-0.1, -0.05) is 29.3 Å². The van der Waals surface area contributed by atoms with Crippen molar-refractivity contribution >= 4 is 34.8 Å². The molecule has 2 aromatic carbocycles. The molecule has 0 saturated carbocycles. The Morgan fingerprint density at radius 1 is 1.15 bits per heavy atom. The Hall–Kier alpha value is -1.91. The lowest BCUT2D eigenvalue weighted by Gasteiger charge is -2.12. The molecule has 0 atom stereocenters. The van der Waals surface area contributed by atoms with Crippen LogP contribution < -0.4 is 5.32 Å². The number of halogens is 2. The molecule has 0 aliphatic carbocycles. The number of hydrogen-bond acceptors (Lipinski definition) is 3. The number of benzene rings is 2. The van der Waals surface area contributed by atoms with Gasteiger partial charge in [-0.25, -0.2) is 0 Å². The third-order valence-corrected chi connectivity index (χ3v) is 3.55. The molecule has 0 aliphatic rings. The predicted octanol–water partition coefficient (Wildman–Crippen LogP) is 3.97. The summed E-state index contributed by atoms with van der Waals surface area (Å²) in [6.45, 7) is 1.78. The second-order valence-electron chi connectivity index (χ2n) is 4.21. The number of anilines is 1. The molecule has 0 spiro atoms. The maximum Gasteiger partial charge on any atom is 0.259 e. The lowest BCUT2D eigenvalue weighted by atomic mass is 10.1. The molecule has 0 bridgehead atoms. The minimum atomic E-state index is -0.618. The van der Waals surface area contributed by atoms with Gasteiger partial charge in [0.25, 0.3) is 5.91 Å². The first-order valence-corrected chi connectivity index (χ1v) is 6.43. The Morgan fingerprint density at radius 3 is 2.55 bits per heavy atom. The van der Waals surface area contributed by atoms with E-state index in [2.05, 4.69) is 5.32 Å². The Kier molecular flexibility index (Phi) is 4.06. The molecule has 0 radical (unpaired) electrons. The summed E-state index contributed by atoms with van der Waals surface area (Å²) in [4.78, 5) is 12.1. The summed E-state index contributed by atoms with van der Waals surface area (Å²) in [7, 11) is 0. The van der Waals surface area contributed by atoms with E-state index >= 15 is 0 Å². The van der Waals surface area contributed by atoms with E-state index in [1.54, 1.807) is 19.1 Å². The number of carbonyl (C=O) groups excluding carboxylic acids is 1. The summed E-state index contributed by atoms with van der Waals surface area (Å²) in [6, 6.07) is 7.00. The summed E-state index contributed by atoms with van der Waals surface area (Å²) in [5.41, 5.74) is 0.950. The van der Waals surface area contributed by atoms with Gasteiger partial charge in [-0.2, -0.15) is 0 Å². The zero-order chi connectivity index (χ0) is 14.9. The van der Waals surface area contributed by atoms with E-state index in [0.717, 1.165) is 11.6 Å². The van der Waals surface area contributed by atoms with Gasteiger partial charge >= 0.3 is 0 Å². The summed E-state index contributed by atoms with van der Waals surface area (Å²) >= 11 is 12.1. The minimum Gasteiger partial charge on any atom is -0.508 e. The molecule has 4 nitrogen and oxygen atoms in total. The van der Waals surface area contributed by atoms with Crippen LogP contribution in [-0.2, 0) is 0 Å². The zero-order valence-corrected chi connectivity index (χ0v) is 12.0. The van der Waals surface area contributed by atoms with Crippen LogP contribution in [0.5, 0.6) is 11.5 Å². The fourth-order valence-corrected chi connectivity index (χ4v) is 2.12. The molecule has 6 heteroatoms. The molecule has 0 unspecified atom stereocenters. The van der Waals surface area contributed by atoms with Gasteiger partial charge in [0.15, 0.2) is 0 Å². The SMILES string of the molecule is Cc1ccc(Cl)c(NC(=O)c2cc(O)ccc2O)c1Cl. The highest BCUT2D eigenvalue weighted by molar-refractivity contribution is 6.40. The lowest BCUT2D eigenvalue weighted by molar-refractivity contribution is 0.102. The normalized spacial score (nSPS) is 10.3. The van der Waals surface area contributed by atoms with Crippen LogP contribution in [0, 0.1) is 6.92 Å². The van der Waals surface area contributed by atoms with Gasteiger partial charge in [0, 0.05) is 0 Å². The van der Waals surface area contributed by atoms with Crippen LogP contribution in [0.3, 0.4) is 0 Å². The van der Waals surface area contributed by atoms with E-state index in [4.69, 9.17) is 23.2 Å². The monoisotopic (exact) mass is 311 g/mol. The van der Waals surface area contributed by atoms with Gasteiger partial charge < -0.3 is 15.5 Å². The first kappa shape index (κ1) is 14.5. The highest BCUT2D eigenvalue weighted by Gasteiger charge is 2.16. The number of hydrogen-bond donors (Lipinski definition) is 3. The third-order valence-electron chi connectivity index (χ3n) is 2.75. The first-order chi connectivity index (χ1) is 9.40. The topological polar surface area (TPSA) is 69.6 Å². The van der Waals surface area contributed by atoms with E-state index in [1.165, 1.54) is 12.1 Å². The molecular formula is C14H11Cl2NO3. The fraction of sp³-hybridized carbons (Fsp3) is 0.0714. The van der Waals surface area contributed by atoms with Gasteiger partial charge in [0.1, 0.15) is 11.5 Å². The molecule has 0 aliphatic heterocycles. The first-order valence-electron chi connectivity index (χ1n) is 5.68. The Labute approximate surface area is 125 Å². The molecule has 0 saturated heterocycles. The van der Waals surface area contributed by atoms with Crippen molar-refractivity contribution in [3.8, 4) is 11.5 Å². The third kappa shape index (κ3) is 2.81. The highest BCUT2D eigenvalue weighted by Crippen LogP contribution is 2.34. The molecule has 2 aromatic rings. The Morgan fingerprint density at radius 2 is 1.85 bits per heavy atom. The van der Waals surface area contributed by atoms with Gasteiger partial charge in [0.05, 0.1) is 21.3 Å². The molecule has 0 aromatic heterocycles. The van der Waals surface area contributed by atoms with E-state index in [1.807, 2.05) is 0 Å². The average molecular weight is 312 g/mol. The van der Waals surface area contributed by atoms with E-state index in [9.17, 15) is 15.0 Å². The molecule has 2 rings (SSSR count). The number of aryl methyl sites for hydroxylation is 1. The van der Waals surface area contributed by atoms with Crippen LogP contribution >= 0.6 is 23.2 Å². The Bertz CT molecular complexity index is 686. The van der Waals surface area contributed by atoms with Crippen molar-refractivity contribution in [1.29, 1.82) is 0 Å². The van der Waals surface area contributed by atoms with Crippen LogP contribution in [0.25, 0.3) is 0 Å². The maximum atomic E-state index is 12.1. The lowest BCUT2D eigenvalue weighted by Crippen LogP contribution is -2.13. The summed E-state index contributed by atoms with van der Waals surface area (Å²) < 4.78 is 0. The predicted molar refractivity (Wildman–Crippen MR) is 78.9 cm³/mol. The van der Waals surface area contributed by atoms with Crippen molar-refractivity contribution in [2.75, 3.05) is 5.32 Å². The maximum absolute atomic E-state index is 12.1. The average Bonchev–Trinajstić information content (AvgIpc) is 2.41. The second-order valence-corrected chi connectivity index (χ2v) is 4.99. The smallest absolute Gasteiger partial charge is 0.259 e. The quantitative estimate of drug-likeness (QED) is 0.735. The van der Waals surface area contributed by atoms with Crippen molar-refractivity contribution in [1.82, 2.24) is 0 Å². The van der Waals surface area contributed by atoms with Crippen LogP contribution in [0.4, 0.5) is 5.69 Å². The summed E-state index contributed by atoms with van der Waals surface area (Å²) in [5, 5.41) is 22.1. The second kappa shape index (κ2) is 5.61. The summed E-state index contributed by atoms with van der Waals surface area (Å²) in [6.07, 6.45) is 0. The number of aromatic hydroxyl groups is 2. The van der Waals surface area contributed by atoms with Crippen LogP contribution in [0.2, 0.25) is 10.0 Å². The molecule has 20 heavy (non-hydrogen) atoms. The van der Waals surface area contributed by atoms with Crippen molar-refractivity contribution in [3.63, 3.8) is 0 Å². The highest BCUT2D eigenvalue weighted by atomic mass is 35.5. The van der Waals surface area contributed by atoms with Gasteiger partial charge in [-0.05, 0) is 36.8 Å². The minimum absolute atomic E-state index is 0.0707. The van der Waals surface area contributed by atoms with E-state index < -0.39 is 5.91 Å². The molecule has 0 fully saturated rings. The van der Waals surface area contributed by atoms with Gasteiger partial charge in [0.2, 0.25) is 0 Å². The molecule has 0 heterocycles. The molecule has 3 N–H and O–H groups in total. The van der Waals surface area contributed by atoms with Crippen LogP contribution in [-0.4, -0.2) is 16.1 Å². The van der Waals surface area contributed by atoms with Crippen LogP contribution in [0.1, 0.15) is 15.9 Å². The Balaban J connectivity index is 2.38. The largest absolute Gasteiger partial charge is 0.508 e. The van der Waals surface area contributed by atoms with Crippen molar-refractivity contribution in [2.24, 2.45) is 0 Å². The van der Waals surface area contributed by atoms with Gasteiger partial charge in [-0.15, -0.1) is 0 Å². The van der Waals surface area contributed by atoms with E-state index in [0.29, 0.717) is 5.02 Å². The number of carbonyl (C=O) groups is 1. The van der Waals surface area contributed by atoms with Crippen LogP contribution in [0.15, 0.2) is 30.3 Å². The molecular weight excluding hydrogens is 301 g/mol. The van der Waals surface area contributed by atoms with Gasteiger partial charge in [-0.3, -0.25) is 4.79 Å². The number of phenolic OH excluding ortho intramolecular Hbond substituents is 2. The zero-order valence-electron chi connectivity index (χ0n) is 10.4. The van der Waals surface area contributed by atoms with Crippen molar-refractivity contribution in [2.45, 2.75) is 6.92 Å².